The average Bonchev–Trinajstić information content (AvgIpc) is 2.87. The van der Waals surface area contributed by atoms with Gasteiger partial charge in [0.1, 0.15) is 0 Å². The highest BCUT2D eigenvalue weighted by molar-refractivity contribution is 5.96. The summed E-state index contributed by atoms with van der Waals surface area (Å²) in [5.74, 6) is -0.0690. The van der Waals surface area contributed by atoms with Gasteiger partial charge in [-0.3, -0.25) is 14.4 Å². The monoisotopic (exact) mass is 342 g/mol. The van der Waals surface area contributed by atoms with Gasteiger partial charge >= 0.3 is 0 Å². The highest BCUT2D eigenvalue weighted by Crippen LogP contribution is 2.13. The standard InChI is InChI=1S/C19H26N4O2/c1-14-18(15(2)22(3)21-14)19(24)20-12-16-4-6-17(7-5-16)13-23-8-10-25-11-9-23/h4-7H,8-13H2,1-3H3,(H,20,24). The predicted octanol–water partition coefficient (Wildman–Crippen LogP) is 1.80. The lowest BCUT2D eigenvalue weighted by atomic mass is 10.1. The summed E-state index contributed by atoms with van der Waals surface area (Å²) in [6.07, 6.45) is 0. The van der Waals surface area contributed by atoms with Crippen LogP contribution in [0.15, 0.2) is 24.3 Å². The molecule has 1 aliphatic rings. The highest BCUT2D eigenvalue weighted by atomic mass is 16.5. The Hall–Kier alpha value is -2.18. The Morgan fingerprint density at radius 2 is 1.80 bits per heavy atom. The molecule has 0 bridgehead atoms. The van der Waals surface area contributed by atoms with E-state index >= 15 is 0 Å². The third kappa shape index (κ3) is 4.27. The van der Waals surface area contributed by atoms with Crippen molar-refractivity contribution in [2.75, 3.05) is 26.3 Å². The van der Waals surface area contributed by atoms with E-state index in [1.807, 2.05) is 20.9 Å². The van der Waals surface area contributed by atoms with Crippen LogP contribution in [0.2, 0.25) is 0 Å². The number of nitrogens with zero attached hydrogens (tertiary/aromatic N) is 3. The molecule has 1 fully saturated rings. The maximum Gasteiger partial charge on any atom is 0.255 e. The number of hydrogen-bond donors (Lipinski definition) is 1. The maximum atomic E-state index is 12.4. The van der Waals surface area contributed by atoms with Gasteiger partial charge in [-0.05, 0) is 25.0 Å². The van der Waals surface area contributed by atoms with Crippen LogP contribution in [0.5, 0.6) is 0 Å². The molecule has 1 saturated heterocycles. The molecule has 1 aliphatic heterocycles. The average molecular weight is 342 g/mol. The summed E-state index contributed by atoms with van der Waals surface area (Å²) in [6.45, 7) is 8.85. The first kappa shape index (κ1) is 17.6. The van der Waals surface area contributed by atoms with Gasteiger partial charge in [-0.15, -0.1) is 0 Å². The molecule has 2 heterocycles. The first-order chi connectivity index (χ1) is 12.0. The van der Waals surface area contributed by atoms with Gasteiger partial charge in [0.15, 0.2) is 0 Å². The smallest absolute Gasteiger partial charge is 0.255 e. The number of morpholine rings is 1. The summed E-state index contributed by atoms with van der Waals surface area (Å²) in [6, 6.07) is 8.44. The number of carbonyl (C=O) groups is 1. The van der Waals surface area contributed by atoms with Crippen LogP contribution in [0.4, 0.5) is 0 Å². The molecular weight excluding hydrogens is 316 g/mol. The van der Waals surface area contributed by atoms with E-state index in [-0.39, 0.29) is 5.91 Å². The molecular formula is C19H26N4O2. The van der Waals surface area contributed by atoms with Crippen molar-refractivity contribution in [3.63, 3.8) is 0 Å². The fraction of sp³-hybridized carbons (Fsp3) is 0.474. The number of aryl methyl sites for hydroxylation is 2. The molecule has 0 radical (unpaired) electrons. The van der Waals surface area contributed by atoms with Crippen molar-refractivity contribution < 1.29 is 9.53 Å². The minimum atomic E-state index is -0.0690. The number of carbonyl (C=O) groups excluding carboxylic acids is 1. The number of rotatable bonds is 5. The Kier molecular flexibility index (Phi) is 5.50. The Morgan fingerprint density at radius 3 is 2.40 bits per heavy atom. The Morgan fingerprint density at radius 1 is 1.16 bits per heavy atom. The van der Waals surface area contributed by atoms with Crippen molar-refractivity contribution in [1.82, 2.24) is 20.0 Å². The Bertz CT molecular complexity index is 731. The molecule has 2 aromatic rings. The minimum Gasteiger partial charge on any atom is -0.379 e. The second-order valence-electron chi connectivity index (χ2n) is 6.56. The lowest BCUT2D eigenvalue weighted by Crippen LogP contribution is -2.35. The zero-order valence-corrected chi connectivity index (χ0v) is 15.2. The molecule has 0 saturated carbocycles. The van der Waals surface area contributed by atoms with Crippen molar-refractivity contribution in [2.45, 2.75) is 26.9 Å². The molecule has 0 unspecified atom stereocenters. The van der Waals surface area contributed by atoms with Crippen LogP contribution in [0.3, 0.4) is 0 Å². The molecule has 1 N–H and O–H groups in total. The predicted molar refractivity (Wildman–Crippen MR) is 96.4 cm³/mol. The zero-order valence-electron chi connectivity index (χ0n) is 15.2. The molecule has 6 heteroatoms. The van der Waals surface area contributed by atoms with Crippen LogP contribution >= 0.6 is 0 Å². The first-order valence-electron chi connectivity index (χ1n) is 8.71. The molecule has 0 spiro atoms. The minimum absolute atomic E-state index is 0.0690. The van der Waals surface area contributed by atoms with Gasteiger partial charge in [-0.25, -0.2) is 0 Å². The zero-order chi connectivity index (χ0) is 17.8. The number of aromatic nitrogens is 2. The number of ether oxygens (including phenoxy) is 1. The molecule has 3 rings (SSSR count). The first-order valence-corrected chi connectivity index (χ1v) is 8.71. The van der Waals surface area contributed by atoms with Crippen LogP contribution in [-0.2, 0) is 24.9 Å². The van der Waals surface area contributed by atoms with E-state index in [4.69, 9.17) is 4.74 Å². The molecule has 134 valence electrons. The largest absolute Gasteiger partial charge is 0.379 e. The molecule has 0 atom stereocenters. The van der Waals surface area contributed by atoms with E-state index < -0.39 is 0 Å². The van der Waals surface area contributed by atoms with Crippen molar-refractivity contribution in [3.05, 3.63) is 52.3 Å². The van der Waals surface area contributed by atoms with Crippen molar-refractivity contribution in [1.29, 1.82) is 0 Å². The van der Waals surface area contributed by atoms with Gasteiger partial charge < -0.3 is 10.1 Å². The third-order valence-corrected chi connectivity index (χ3v) is 4.72. The van der Waals surface area contributed by atoms with Gasteiger partial charge in [0, 0.05) is 38.9 Å². The van der Waals surface area contributed by atoms with E-state index in [1.165, 1.54) is 5.56 Å². The van der Waals surface area contributed by atoms with E-state index in [0.717, 1.165) is 49.8 Å². The lowest BCUT2D eigenvalue weighted by Gasteiger charge is -2.26. The second-order valence-corrected chi connectivity index (χ2v) is 6.56. The van der Waals surface area contributed by atoms with Gasteiger partial charge in [-0.1, -0.05) is 24.3 Å². The number of hydrogen-bond acceptors (Lipinski definition) is 4. The van der Waals surface area contributed by atoms with E-state index in [9.17, 15) is 4.79 Å². The molecule has 6 nitrogen and oxygen atoms in total. The number of amides is 1. The Balaban J connectivity index is 1.55. The summed E-state index contributed by atoms with van der Waals surface area (Å²) < 4.78 is 7.12. The fourth-order valence-electron chi connectivity index (χ4n) is 3.15. The van der Waals surface area contributed by atoms with Crippen molar-refractivity contribution >= 4 is 5.91 Å². The Labute approximate surface area is 148 Å². The number of nitrogens with one attached hydrogen (secondary N) is 1. The fourth-order valence-corrected chi connectivity index (χ4v) is 3.15. The van der Waals surface area contributed by atoms with Gasteiger partial charge in [0.2, 0.25) is 0 Å². The van der Waals surface area contributed by atoms with Crippen molar-refractivity contribution in [2.24, 2.45) is 7.05 Å². The van der Waals surface area contributed by atoms with Crippen LogP contribution in [0.1, 0.15) is 32.9 Å². The van der Waals surface area contributed by atoms with Crippen molar-refractivity contribution in [3.8, 4) is 0 Å². The topological polar surface area (TPSA) is 59.4 Å². The lowest BCUT2D eigenvalue weighted by molar-refractivity contribution is 0.0342. The van der Waals surface area contributed by atoms with Gasteiger partial charge in [0.25, 0.3) is 5.91 Å². The second kappa shape index (κ2) is 7.80. The SMILES string of the molecule is Cc1nn(C)c(C)c1C(=O)NCc1ccc(CN2CCOCC2)cc1. The summed E-state index contributed by atoms with van der Waals surface area (Å²) in [5.41, 5.74) is 4.70. The molecule has 1 amide bonds. The van der Waals surface area contributed by atoms with E-state index in [0.29, 0.717) is 12.1 Å². The molecule has 1 aromatic carbocycles. The van der Waals surface area contributed by atoms with E-state index in [2.05, 4.69) is 39.6 Å². The maximum absolute atomic E-state index is 12.4. The highest BCUT2D eigenvalue weighted by Gasteiger charge is 2.17. The number of benzene rings is 1. The summed E-state index contributed by atoms with van der Waals surface area (Å²) in [5, 5.41) is 7.29. The van der Waals surface area contributed by atoms with Crippen LogP contribution in [0, 0.1) is 13.8 Å². The van der Waals surface area contributed by atoms with Crippen LogP contribution in [0.25, 0.3) is 0 Å². The third-order valence-electron chi connectivity index (χ3n) is 4.72. The summed E-state index contributed by atoms with van der Waals surface area (Å²) >= 11 is 0. The van der Waals surface area contributed by atoms with Crippen LogP contribution < -0.4 is 5.32 Å². The van der Waals surface area contributed by atoms with Crippen LogP contribution in [-0.4, -0.2) is 46.9 Å². The summed E-state index contributed by atoms with van der Waals surface area (Å²) in [4.78, 5) is 14.8. The molecule has 0 aliphatic carbocycles. The van der Waals surface area contributed by atoms with Gasteiger partial charge in [0.05, 0.1) is 24.5 Å². The molecule has 25 heavy (non-hydrogen) atoms. The van der Waals surface area contributed by atoms with E-state index in [1.54, 1.807) is 4.68 Å². The van der Waals surface area contributed by atoms with Gasteiger partial charge in [-0.2, -0.15) is 5.10 Å². The summed E-state index contributed by atoms with van der Waals surface area (Å²) in [7, 11) is 1.85. The quantitative estimate of drug-likeness (QED) is 0.900. The normalized spacial score (nSPS) is 15.3. The molecule has 1 aromatic heterocycles.